The Morgan fingerprint density at radius 3 is 2.46 bits per heavy atom. The number of aromatic carboxylic acids is 1. The van der Waals surface area contributed by atoms with Crippen LogP contribution in [0.3, 0.4) is 0 Å². The number of carboxylic acid groups (broad SMARTS) is 1. The SMILES string of the molecule is CCn1c(=S)nc(Nc2ccc(Oc3cncc(C(=O)O)c3)cc2)n(Cc2ccc(Cl)cc2)c1=O. The quantitative estimate of drug-likeness (QED) is 0.315. The van der Waals surface area contributed by atoms with E-state index in [9.17, 15) is 9.59 Å². The summed E-state index contributed by atoms with van der Waals surface area (Å²) < 4.78 is 8.81. The van der Waals surface area contributed by atoms with E-state index in [1.165, 1.54) is 27.6 Å². The van der Waals surface area contributed by atoms with E-state index >= 15 is 0 Å². The van der Waals surface area contributed by atoms with Gasteiger partial charge in [0.15, 0.2) is 0 Å². The zero-order chi connectivity index (χ0) is 24.9. The van der Waals surface area contributed by atoms with Crippen molar-refractivity contribution in [1.29, 1.82) is 0 Å². The Hall–Kier alpha value is -4.02. The molecular weight excluding hydrogens is 490 g/mol. The third kappa shape index (κ3) is 5.73. The van der Waals surface area contributed by atoms with Crippen molar-refractivity contribution >= 4 is 41.4 Å². The fraction of sp³-hybridized carbons (Fsp3) is 0.125. The molecule has 0 unspecified atom stereocenters. The van der Waals surface area contributed by atoms with E-state index in [2.05, 4.69) is 15.3 Å². The van der Waals surface area contributed by atoms with Crippen molar-refractivity contribution in [2.24, 2.45) is 0 Å². The maximum atomic E-state index is 13.1. The smallest absolute Gasteiger partial charge is 0.337 e. The van der Waals surface area contributed by atoms with Crippen LogP contribution in [0.4, 0.5) is 11.6 Å². The number of hydrogen-bond acceptors (Lipinski definition) is 7. The number of aromatic nitrogens is 4. The molecule has 0 fully saturated rings. The molecule has 0 radical (unpaired) electrons. The highest BCUT2D eigenvalue weighted by Crippen LogP contribution is 2.24. The Kier molecular flexibility index (Phi) is 7.23. The van der Waals surface area contributed by atoms with Gasteiger partial charge in [-0.15, -0.1) is 0 Å². The summed E-state index contributed by atoms with van der Waals surface area (Å²) in [5.41, 5.74) is 1.27. The van der Waals surface area contributed by atoms with Crippen molar-refractivity contribution in [2.45, 2.75) is 20.0 Å². The summed E-state index contributed by atoms with van der Waals surface area (Å²) in [6.45, 7) is 2.50. The highest BCUT2D eigenvalue weighted by atomic mass is 35.5. The molecule has 178 valence electrons. The van der Waals surface area contributed by atoms with E-state index in [4.69, 9.17) is 33.7 Å². The summed E-state index contributed by atoms with van der Waals surface area (Å²) in [4.78, 5) is 32.6. The van der Waals surface area contributed by atoms with Crippen molar-refractivity contribution < 1.29 is 14.6 Å². The summed E-state index contributed by atoms with van der Waals surface area (Å²) >= 11 is 11.3. The number of pyridine rings is 1. The molecule has 0 saturated carbocycles. The Bertz CT molecular complexity index is 1480. The zero-order valence-electron chi connectivity index (χ0n) is 18.5. The van der Waals surface area contributed by atoms with E-state index in [1.54, 1.807) is 36.4 Å². The molecule has 4 aromatic rings. The first-order chi connectivity index (χ1) is 16.8. The van der Waals surface area contributed by atoms with Crippen LogP contribution in [-0.2, 0) is 13.1 Å². The number of carbonyl (C=O) groups is 1. The third-order valence-electron chi connectivity index (χ3n) is 5.03. The normalized spacial score (nSPS) is 10.7. The molecule has 0 saturated heterocycles. The number of carboxylic acids is 1. The molecular formula is C24H20ClN5O4S. The Morgan fingerprint density at radius 2 is 1.80 bits per heavy atom. The van der Waals surface area contributed by atoms with Gasteiger partial charge in [-0.3, -0.25) is 14.1 Å². The van der Waals surface area contributed by atoms with Crippen molar-refractivity contribution in [2.75, 3.05) is 5.32 Å². The number of anilines is 2. The van der Waals surface area contributed by atoms with Gasteiger partial charge in [0, 0.05) is 23.5 Å². The molecule has 0 aliphatic rings. The molecule has 0 bridgehead atoms. The summed E-state index contributed by atoms with van der Waals surface area (Å²) in [5, 5.41) is 12.9. The maximum Gasteiger partial charge on any atom is 0.337 e. The monoisotopic (exact) mass is 509 g/mol. The molecule has 2 aromatic carbocycles. The van der Waals surface area contributed by atoms with Gasteiger partial charge in [0.25, 0.3) is 0 Å². The molecule has 11 heteroatoms. The lowest BCUT2D eigenvalue weighted by molar-refractivity contribution is 0.0696. The van der Waals surface area contributed by atoms with E-state index in [1.807, 2.05) is 19.1 Å². The van der Waals surface area contributed by atoms with Crippen LogP contribution in [0.25, 0.3) is 0 Å². The summed E-state index contributed by atoms with van der Waals surface area (Å²) in [7, 11) is 0. The lowest BCUT2D eigenvalue weighted by Gasteiger charge is -2.16. The van der Waals surface area contributed by atoms with Crippen LogP contribution in [0, 0.1) is 4.77 Å². The fourth-order valence-corrected chi connectivity index (χ4v) is 3.69. The van der Waals surface area contributed by atoms with Gasteiger partial charge >= 0.3 is 11.7 Å². The van der Waals surface area contributed by atoms with Crippen molar-refractivity contribution in [3.05, 3.63) is 98.4 Å². The molecule has 0 spiro atoms. The summed E-state index contributed by atoms with van der Waals surface area (Å²) in [6, 6.07) is 15.5. The van der Waals surface area contributed by atoms with E-state index < -0.39 is 5.97 Å². The highest BCUT2D eigenvalue weighted by molar-refractivity contribution is 7.71. The van der Waals surface area contributed by atoms with Crippen LogP contribution in [0.1, 0.15) is 22.8 Å². The van der Waals surface area contributed by atoms with Crippen molar-refractivity contribution in [3.63, 3.8) is 0 Å². The van der Waals surface area contributed by atoms with Crippen LogP contribution >= 0.6 is 23.8 Å². The van der Waals surface area contributed by atoms with E-state index in [-0.39, 0.29) is 22.6 Å². The van der Waals surface area contributed by atoms with Gasteiger partial charge in [0.05, 0.1) is 18.3 Å². The number of halogens is 1. The second-order valence-electron chi connectivity index (χ2n) is 7.42. The molecule has 0 aliphatic carbocycles. The number of ether oxygens (including phenoxy) is 1. The predicted molar refractivity (Wildman–Crippen MR) is 135 cm³/mol. The topological polar surface area (TPSA) is 111 Å². The van der Waals surface area contributed by atoms with Gasteiger partial charge in [0.1, 0.15) is 11.5 Å². The van der Waals surface area contributed by atoms with Gasteiger partial charge in [-0.05, 0) is 67.2 Å². The average molecular weight is 510 g/mol. The lowest BCUT2D eigenvalue weighted by Crippen LogP contribution is -2.33. The third-order valence-corrected chi connectivity index (χ3v) is 5.59. The van der Waals surface area contributed by atoms with Crippen LogP contribution in [0.5, 0.6) is 11.5 Å². The molecule has 0 aliphatic heterocycles. The van der Waals surface area contributed by atoms with Gasteiger partial charge < -0.3 is 15.2 Å². The molecule has 9 nitrogen and oxygen atoms in total. The first-order valence-corrected chi connectivity index (χ1v) is 11.3. The van der Waals surface area contributed by atoms with Gasteiger partial charge in [-0.1, -0.05) is 23.7 Å². The minimum atomic E-state index is -1.09. The molecule has 2 heterocycles. The highest BCUT2D eigenvalue weighted by Gasteiger charge is 2.12. The second-order valence-corrected chi connectivity index (χ2v) is 8.22. The van der Waals surface area contributed by atoms with Crippen LogP contribution in [-0.4, -0.2) is 30.2 Å². The van der Waals surface area contributed by atoms with Crippen LogP contribution < -0.4 is 15.7 Å². The van der Waals surface area contributed by atoms with Gasteiger partial charge in [0.2, 0.25) is 10.7 Å². The van der Waals surface area contributed by atoms with E-state index in [0.29, 0.717) is 34.7 Å². The van der Waals surface area contributed by atoms with Gasteiger partial charge in [-0.25, -0.2) is 9.59 Å². The minimum absolute atomic E-state index is 0.0265. The predicted octanol–water partition coefficient (Wildman–Crippen LogP) is 5.12. The Morgan fingerprint density at radius 1 is 1.09 bits per heavy atom. The Balaban J connectivity index is 1.60. The zero-order valence-corrected chi connectivity index (χ0v) is 20.1. The number of nitrogens with zero attached hydrogens (tertiary/aromatic N) is 4. The number of hydrogen-bond donors (Lipinski definition) is 2. The summed E-state index contributed by atoms with van der Waals surface area (Å²) in [6.07, 6.45) is 2.67. The van der Waals surface area contributed by atoms with Crippen molar-refractivity contribution in [1.82, 2.24) is 19.1 Å². The second kappa shape index (κ2) is 10.5. The summed E-state index contributed by atoms with van der Waals surface area (Å²) in [5.74, 6) is -0.0149. The molecule has 4 rings (SSSR count). The molecule has 2 aromatic heterocycles. The molecule has 2 N–H and O–H groups in total. The van der Waals surface area contributed by atoms with E-state index in [0.717, 1.165) is 5.56 Å². The number of nitrogens with one attached hydrogen (secondary N) is 1. The van der Waals surface area contributed by atoms with Crippen LogP contribution in [0.15, 0.2) is 71.8 Å². The minimum Gasteiger partial charge on any atom is -0.478 e. The van der Waals surface area contributed by atoms with Gasteiger partial charge in [-0.2, -0.15) is 4.98 Å². The maximum absolute atomic E-state index is 13.1. The average Bonchev–Trinajstić information content (AvgIpc) is 2.84. The lowest BCUT2D eigenvalue weighted by atomic mass is 10.2. The van der Waals surface area contributed by atoms with Crippen molar-refractivity contribution in [3.8, 4) is 11.5 Å². The standard InChI is InChI=1S/C24H20ClN5O4S/c1-2-29-23(35)28-22(30(24(29)33)14-15-3-5-17(25)6-4-15)27-18-7-9-19(10-8-18)34-20-11-16(21(31)32)12-26-13-20/h3-13H,2,14H2,1H3,(H,31,32)(H,27,28,35). The number of benzene rings is 2. The first kappa shape index (κ1) is 24.1. The first-order valence-electron chi connectivity index (χ1n) is 10.5. The molecule has 0 amide bonds. The van der Waals surface area contributed by atoms with Crippen LogP contribution in [0.2, 0.25) is 5.02 Å². The molecule has 35 heavy (non-hydrogen) atoms. The number of rotatable bonds is 8. The largest absolute Gasteiger partial charge is 0.478 e. The Labute approximate surface area is 210 Å². The fourth-order valence-electron chi connectivity index (χ4n) is 3.27. The molecule has 0 atom stereocenters.